The van der Waals surface area contributed by atoms with Crippen molar-refractivity contribution in [3.8, 4) is 0 Å². The van der Waals surface area contributed by atoms with Crippen LogP contribution in [0.5, 0.6) is 0 Å². The van der Waals surface area contributed by atoms with Gasteiger partial charge in [0, 0.05) is 21.7 Å². The van der Waals surface area contributed by atoms with E-state index in [1.54, 1.807) is 0 Å². The first-order valence-electron chi connectivity index (χ1n) is 6.39. The zero-order valence-electron chi connectivity index (χ0n) is 11.4. The summed E-state index contributed by atoms with van der Waals surface area (Å²) in [6.07, 6.45) is 0.579. The lowest BCUT2D eigenvalue weighted by atomic mass is 9.81. The Morgan fingerprint density at radius 2 is 1.88 bits per heavy atom. The molecule has 0 aliphatic carbocycles. The maximum atomic E-state index is 6.48. The Morgan fingerprint density at radius 1 is 1.24 bits per heavy atom. The summed E-state index contributed by atoms with van der Waals surface area (Å²) in [7, 11) is 0. The molecule has 5 atom stereocenters. The fraction of sp³-hybridized carbons (Fsp3) is 0.714. The monoisotopic (exact) mass is 253 g/mol. The zero-order chi connectivity index (χ0) is 12.7. The quantitative estimate of drug-likeness (QED) is 0.876. The van der Waals surface area contributed by atoms with E-state index in [4.69, 9.17) is 10.5 Å². The van der Waals surface area contributed by atoms with Gasteiger partial charge < -0.3 is 10.5 Å². The van der Waals surface area contributed by atoms with Crippen LogP contribution in [0.4, 0.5) is 0 Å². The molecule has 1 saturated heterocycles. The summed E-state index contributed by atoms with van der Waals surface area (Å²) in [5.74, 6) is 0.956. The van der Waals surface area contributed by atoms with Crippen molar-refractivity contribution in [3.05, 3.63) is 21.4 Å². The zero-order valence-corrected chi connectivity index (χ0v) is 12.2. The van der Waals surface area contributed by atoms with E-state index in [1.807, 2.05) is 11.3 Å². The highest BCUT2D eigenvalue weighted by Gasteiger charge is 2.41. The van der Waals surface area contributed by atoms with Gasteiger partial charge in [-0.3, -0.25) is 0 Å². The summed E-state index contributed by atoms with van der Waals surface area (Å²) in [6, 6.07) is 2.35. The van der Waals surface area contributed by atoms with E-state index < -0.39 is 0 Å². The summed E-state index contributed by atoms with van der Waals surface area (Å²) in [5.41, 5.74) is 7.80. The molecule has 0 bridgehead atoms. The summed E-state index contributed by atoms with van der Waals surface area (Å²) < 4.78 is 5.90. The third kappa shape index (κ3) is 2.28. The first-order valence-corrected chi connectivity index (χ1v) is 7.21. The molecular formula is C14H23NOS. The lowest BCUT2D eigenvalue weighted by Gasteiger charge is -2.25. The Labute approximate surface area is 108 Å². The van der Waals surface area contributed by atoms with Crippen LogP contribution in [0.3, 0.4) is 0 Å². The number of nitrogens with two attached hydrogens (primary N) is 1. The van der Waals surface area contributed by atoms with Crippen molar-refractivity contribution < 1.29 is 4.74 Å². The second kappa shape index (κ2) is 4.71. The van der Waals surface area contributed by atoms with Crippen molar-refractivity contribution in [3.63, 3.8) is 0 Å². The molecule has 0 amide bonds. The van der Waals surface area contributed by atoms with Crippen LogP contribution in [0.25, 0.3) is 0 Å². The Bertz CT molecular complexity index is 401. The number of hydrogen-bond acceptors (Lipinski definition) is 3. The molecule has 0 saturated carbocycles. The van der Waals surface area contributed by atoms with Crippen LogP contribution in [0.1, 0.15) is 42.1 Å². The molecule has 2 rings (SSSR count). The summed E-state index contributed by atoms with van der Waals surface area (Å²) in [4.78, 5) is 2.70. The highest BCUT2D eigenvalue weighted by molar-refractivity contribution is 7.12. The second-order valence-electron chi connectivity index (χ2n) is 5.38. The molecular weight excluding hydrogens is 230 g/mol. The van der Waals surface area contributed by atoms with E-state index in [9.17, 15) is 0 Å². The van der Waals surface area contributed by atoms with Gasteiger partial charge in [-0.15, -0.1) is 11.3 Å². The minimum atomic E-state index is 0.106. The largest absolute Gasteiger partial charge is 0.375 e. The van der Waals surface area contributed by atoms with Gasteiger partial charge in [-0.2, -0.15) is 0 Å². The van der Waals surface area contributed by atoms with Gasteiger partial charge in [0.25, 0.3) is 0 Å². The first-order chi connectivity index (χ1) is 7.91. The van der Waals surface area contributed by atoms with E-state index in [-0.39, 0.29) is 12.1 Å². The standard InChI is InChI=1S/C14H23NOS/c1-7-6-12(11(5)17-7)14(15)13-8(2)9(3)16-10(13)4/h6,8-10,13-14H,15H2,1-5H3. The average Bonchev–Trinajstić information content (AvgIpc) is 2.68. The van der Waals surface area contributed by atoms with Crippen LogP contribution in [0, 0.1) is 25.7 Å². The predicted molar refractivity (Wildman–Crippen MR) is 73.4 cm³/mol. The van der Waals surface area contributed by atoms with E-state index in [0.29, 0.717) is 17.9 Å². The van der Waals surface area contributed by atoms with Crippen molar-refractivity contribution in [2.45, 2.75) is 52.9 Å². The Balaban J connectivity index is 2.25. The molecule has 1 aromatic heterocycles. The third-order valence-electron chi connectivity index (χ3n) is 4.17. The minimum Gasteiger partial charge on any atom is -0.375 e. The predicted octanol–water partition coefficient (Wildman–Crippen LogP) is 3.42. The van der Waals surface area contributed by atoms with E-state index in [1.165, 1.54) is 15.3 Å². The minimum absolute atomic E-state index is 0.106. The van der Waals surface area contributed by atoms with Gasteiger partial charge in [0.05, 0.1) is 12.2 Å². The molecule has 1 aliphatic rings. The molecule has 17 heavy (non-hydrogen) atoms. The molecule has 96 valence electrons. The number of hydrogen-bond donors (Lipinski definition) is 1. The molecule has 2 heterocycles. The Kier molecular flexibility index (Phi) is 3.62. The maximum absolute atomic E-state index is 6.48. The molecule has 1 aromatic rings. The van der Waals surface area contributed by atoms with Crippen LogP contribution < -0.4 is 5.73 Å². The lowest BCUT2D eigenvalue weighted by Crippen LogP contribution is -2.30. The molecule has 1 fully saturated rings. The van der Waals surface area contributed by atoms with Gasteiger partial charge >= 0.3 is 0 Å². The molecule has 0 radical (unpaired) electrons. The third-order valence-corrected chi connectivity index (χ3v) is 5.15. The number of ether oxygens (including phenoxy) is 1. The summed E-state index contributed by atoms with van der Waals surface area (Å²) >= 11 is 1.84. The van der Waals surface area contributed by atoms with Crippen LogP contribution in [0.2, 0.25) is 0 Å². The second-order valence-corrected chi connectivity index (χ2v) is 6.84. The van der Waals surface area contributed by atoms with Gasteiger partial charge in [-0.05, 0) is 45.2 Å². The van der Waals surface area contributed by atoms with Gasteiger partial charge in [0.15, 0.2) is 0 Å². The molecule has 0 aromatic carbocycles. The molecule has 5 unspecified atom stereocenters. The van der Waals surface area contributed by atoms with E-state index in [2.05, 4.69) is 40.7 Å². The van der Waals surface area contributed by atoms with Crippen molar-refractivity contribution >= 4 is 11.3 Å². The van der Waals surface area contributed by atoms with Crippen LogP contribution in [-0.4, -0.2) is 12.2 Å². The summed E-state index contributed by atoms with van der Waals surface area (Å²) in [5, 5.41) is 0. The highest BCUT2D eigenvalue weighted by Crippen LogP contribution is 2.41. The number of aryl methyl sites for hydroxylation is 2. The molecule has 0 spiro atoms. The first kappa shape index (κ1) is 13.1. The van der Waals surface area contributed by atoms with E-state index >= 15 is 0 Å². The molecule has 2 nitrogen and oxygen atoms in total. The van der Waals surface area contributed by atoms with Crippen LogP contribution in [0.15, 0.2) is 6.07 Å². The highest BCUT2D eigenvalue weighted by atomic mass is 32.1. The van der Waals surface area contributed by atoms with Crippen LogP contribution >= 0.6 is 11.3 Å². The fourth-order valence-corrected chi connectivity index (χ4v) is 4.08. The molecule has 3 heteroatoms. The van der Waals surface area contributed by atoms with Gasteiger partial charge in [0.1, 0.15) is 0 Å². The summed E-state index contributed by atoms with van der Waals surface area (Å²) in [6.45, 7) is 10.9. The van der Waals surface area contributed by atoms with Crippen molar-refractivity contribution in [1.29, 1.82) is 0 Å². The van der Waals surface area contributed by atoms with Gasteiger partial charge in [-0.1, -0.05) is 6.92 Å². The SMILES string of the molecule is Cc1cc(C(N)C2C(C)OC(C)C2C)c(C)s1. The number of rotatable bonds is 2. The van der Waals surface area contributed by atoms with Gasteiger partial charge in [-0.25, -0.2) is 0 Å². The maximum Gasteiger partial charge on any atom is 0.0600 e. The molecule has 2 N–H and O–H groups in total. The fourth-order valence-electron chi connectivity index (χ4n) is 3.10. The van der Waals surface area contributed by atoms with Crippen molar-refractivity contribution in [2.24, 2.45) is 17.6 Å². The Morgan fingerprint density at radius 3 is 2.29 bits per heavy atom. The lowest BCUT2D eigenvalue weighted by molar-refractivity contribution is 0.0489. The molecule has 1 aliphatic heterocycles. The van der Waals surface area contributed by atoms with Crippen molar-refractivity contribution in [2.75, 3.05) is 0 Å². The topological polar surface area (TPSA) is 35.2 Å². The smallest absolute Gasteiger partial charge is 0.0600 e. The van der Waals surface area contributed by atoms with Crippen LogP contribution in [-0.2, 0) is 4.74 Å². The normalized spacial score (nSPS) is 35.2. The van der Waals surface area contributed by atoms with Gasteiger partial charge in [0.2, 0.25) is 0 Å². The average molecular weight is 253 g/mol. The van der Waals surface area contributed by atoms with Crippen molar-refractivity contribution in [1.82, 2.24) is 0 Å². The Hall–Kier alpha value is -0.380. The van der Waals surface area contributed by atoms with E-state index in [0.717, 1.165) is 0 Å². The number of thiophene rings is 1.